The number of aliphatic hydroxyl groups is 1. The monoisotopic (exact) mass is 278 g/mol. The predicted molar refractivity (Wildman–Crippen MR) is 74.0 cm³/mol. The van der Waals surface area contributed by atoms with Crippen molar-refractivity contribution in [3.8, 4) is 5.75 Å². The summed E-state index contributed by atoms with van der Waals surface area (Å²) in [6, 6.07) is 6.08. The molecule has 0 amide bonds. The molecule has 1 aromatic heterocycles. The lowest BCUT2D eigenvalue weighted by Crippen LogP contribution is -2.07. The number of hydrogen-bond acceptors (Lipinski definition) is 3. The van der Waals surface area contributed by atoms with Gasteiger partial charge >= 0.3 is 0 Å². The first kappa shape index (κ1) is 14.5. The molecule has 0 aliphatic rings. The maximum atomic E-state index is 13.3. The van der Waals surface area contributed by atoms with Gasteiger partial charge in [-0.1, -0.05) is 0 Å². The Morgan fingerprint density at radius 1 is 1.40 bits per heavy atom. The fourth-order valence-corrected chi connectivity index (χ4v) is 2.12. The second kappa shape index (κ2) is 6.05. The van der Waals surface area contributed by atoms with Gasteiger partial charge in [-0.05, 0) is 39.0 Å². The molecule has 2 aromatic rings. The summed E-state index contributed by atoms with van der Waals surface area (Å²) in [7, 11) is 0. The van der Waals surface area contributed by atoms with Crippen molar-refractivity contribution in [3.63, 3.8) is 0 Å². The standard InChI is InChI=1S/C15H19FN2O2/c1-4-18-13(7-10(2)17-18)9-20-15-8-12(16)5-6-14(15)11(3)19/h5-8,11,19H,4,9H2,1-3H3. The summed E-state index contributed by atoms with van der Waals surface area (Å²) < 4.78 is 20.8. The van der Waals surface area contributed by atoms with Gasteiger partial charge in [-0.3, -0.25) is 4.68 Å². The van der Waals surface area contributed by atoms with Crippen LogP contribution in [0.3, 0.4) is 0 Å². The van der Waals surface area contributed by atoms with Crippen LogP contribution in [0.1, 0.15) is 36.9 Å². The maximum absolute atomic E-state index is 13.3. The highest BCUT2D eigenvalue weighted by atomic mass is 19.1. The van der Waals surface area contributed by atoms with Gasteiger partial charge in [-0.25, -0.2) is 4.39 Å². The summed E-state index contributed by atoms with van der Waals surface area (Å²) in [6.07, 6.45) is -0.705. The average molecular weight is 278 g/mol. The Morgan fingerprint density at radius 2 is 2.15 bits per heavy atom. The van der Waals surface area contributed by atoms with Gasteiger partial charge < -0.3 is 9.84 Å². The third kappa shape index (κ3) is 3.17. The minimum Gasteiger partial charge on any atom is -0.487 e. The van der Waals surface area contributed by atoms with Gasteiger partial charge in [0.2, 0.25) is 0 Å². The predicted octanol–water partition coefficient (Wildman–Crippen LogP) is 2.98. The molecule has 0 spiro atoms. The zero-order valence-electron chi connectivity index (χ0n) is 11.9. The highest BCUT2D eigenvalue weighted by Crippen LogP contribution is 2.26. The molecule has 1 atom stereocenters. The molecule has 0 fully saturated rings. The Kier molecular flexibility index (Phi) is 4.39. The van der Waals surface area contributed by atoms with E-state index in [1.807, 2.05) is 24.6 Å². The van der Waals surface area contributed by atoms with Crippen LogP contribution in [0.25, 0.3) is 0 Å². The minimum atomic E-state index is -0.705. The van der Waals surface area contributed by atoms with E-state index in [2.05, 4.69) is 5.10 Å². The van der Waals surface area contributed by atoms with Crippen molar-refractivity contribution in [1.82, 2.24) is 9.78 Å². The zero-order chi connectivity index (χ0) is 14.7. The van der Waals surface area contributed by atoms with Crippen molar-refractivity contribution in [3.05, 3.63) is 47.0 Å². The fourth-order valence-electron chi connectivity index (χ4n) is 2.12. The van der Waals surface area contributed by atoms with Crippen LogP contribution in [0.5, 0.6) is 5.75 Å². The van der Waals surface area contributed by atoms with E-state index in [0.717, 1.165) is 17.9 Å². The number of aliphatic hydroxyl groups excluding tert-OH is 1. The van der Waals surface area contributed by atoms with E-state index in [9.17, 15) is 9.50 Å². The second-order valence-corrected chi connectivity index (χ2v) is 4.74. The maximum Gasteiger partial charge on any atom is 0.130 e. The average Bonchev–Trinajstić information content (AvgIpc) is 2.76. The topological polar surface area (TPSA) is 47.3 Å². The third-order valence-electron chi connectivity index (χ3n) is 3.09. The van der Waals surface area contributed by atoms with Crippen molar-refractivity contribution in [2.75, 3.05) is 0 Å². The summed E-state index contributed by atoms with van der Waals surface area (Å²) in [5.74, 6) is -0.0221. The van der Waals surface area contributed by atoms with Crippen LogP contribution in [-0.4, -0.2) is 14.9 Å². The Hall–Kier alpha value is -1.88. The normalized spacial score (nSPS) is 12.4. The lowest BCUT2D eigenvalue weighted by atomic mass is 10.1. The number of ether oxygens (including phenoxy) is 1. The molecule has 0 aliphatic heterocycles. The number of rotatable bonds is 5. The van der Waals surface area contributed by atoms with E-state index in [1.54, 1.807) is 6.92 Å². The molecule has 0 saturated heterocycles. The molecule has 0 radical (unpaired) electrons. The van der Waals surface area contributed by atoms with Gasteiger partial charge in [0.1, 0.15) is 18.2 Å². The van der Waals surface area contributed by atoms with E-state index in [1.165, 1.54) is 18.2 Å². The Labute approximate surface area is 117 Å². The van der Waals surface area contributed by atoms with Crippen LogP contribution in [0, 0.1) is 12.7 Å². The molecule has 4 nitrogen and oxygen atoms in total. The number of benzene rings is 1. The molecule has 0 saturated carbocycles. The Bertz CT molecular complexity index is 594. The quantitative estimate of drug-likeness (QED) is 0.914. The molecular formula is C15H19FN2O2. The lowest BCUT2D eigenvalue weighted by Gasteiger charge is -2.14. The smallest absolute Gasteiger partial charge is 0.130 e. The molecule has 2 rings (SSSR count). The molecular weight excluding hydrogens is 259 g/mol. The number of aromatic nitrogens is 2. The van der Waals surface area contributed by atoms with Gasteiger partial charge in [-0.15, -0.1) is 0 Å². The van der Waals surface area contributed by atoms with Crippen LogP contribution in [0.15, 0.2) is 24.3 Å². The molecule has 0 aliphatic carbocycles. The fraction of sp³-hybridized carbons (Fsp3) is 0.400. The SMILES string of the molecule is CCn1nc(C)cc1COc1cc(F)ccc1C(C)O. The summed E-state index contributed by atoms with van der Waals surface area (Å²) in [6.45, 7) is 6.58. The molecule has 1 aromatic carbocycles. The number of hydrogen-bond donors (Lipinski definition) is 1. The van der Waals surface area contributed by atoms with E-state index >= 15 is 0 Å². The molecule has 0 bridgehead atoms. The molecule has 1 N–H and O–H groups in total. The first-order valence-electron chi connectivity index (χ1n) is 6.65. The minimum absolute atomic E-state index is 0.290. The number of nitrogens with zero attached hydrogens (tertiary/aromatic N) is 2. The summed E-state index contributed by atoms with van der Waals surface area (Å²) in [5, 5.41) is 14.0. The van der Waals surface area contributed by atoms with E-state index in [4.69, 9.17) is 4.74 Å². The first-order valence-corrected chi connectivity index (χ1v) is 6.65. The van der Waals surface area contributed by atoms with E-state index in [0.29, 0.717) is 11.3 Å². The van der Waals surface area contributed by atoms with Crippen LogP contribution < -0.4 is 4.74 Å². The largest absolute Gasteiger partial charge is 0.487 e. The lowest BCUT2D eigenvalue weighted by molar-refractivity contribution is 0.189. The van der Waals surface area contributed by atoms with Crippen LogP contribution >= 0.6 is 0 Å². The molecule has 20 heavy (non-hydrogen) atoms. The molecule has 1 heterocycles. The third-order valence-corrected chi connectivity index (χ3v) is 3.09. The highest BCUT2D eigenvalue weighted by molar-refractivity contribution is 5.35. The van der Waals surface area contributed by atoms with Gasteiger partial charge in [0.05, 0.1) is 17.5 Å². The van der Waals surface area contributed by atoms with E-state index in [-0.39, 0.29) is 12.4 Å². The van der Waals surface area contributed by atoms with Crippen molar-refractivity contribution in [2.24, 2.45) is 0 Å². The number of halogens is 1. The first-order chi connectivity index (χ1) is 9.51. The van der Waals surface area contributed by atoms with Crippen LogP contribution in [0.4, 0.5) is 4.39 Å². The zero-order valence-corrected chi connectivity index (χ0v) is 11.9. The van der Waals surface area contributed by atoms with Gasteiger partial charge in [-0.2, -0.15) is 5.10 Å². The summed E-state index contributed by atoms with van der Waals surface area (Å²) in [5.41, 5.74) is 2.41. The van der Waals surface area contributed by atoms with Crippen LogP contribution in [0.2, 0.25) is 0 Å². The van der Waals surface area contributed by atoms with Gasteiger partial charge in [0, 0.05) is 18.2 Å². The van der Waals surface area contributed by atoms with Crippen molar-refractivity contribution in [1.29, 1.82) is 0 Å². The van der Waals surface area contributed by atoms with E-state index < -0.39 is 6.10 Å². The molecule has 1 unspecified atom stereocenters. The molecule has 108 valence electrons. The second-order valence-electron chi connectivity index (χ2n) is 4.74. The summed E-state index contributed by atoms with van der Waals surface area (Å²) >= 11 is 0. The number of aryl methyl sites for hydroxylation is 2. The van der Waals surface area contributed by atoms with Crippen LogP contribution in [-0.2, 0) is 13.2 Å². The van der Waals surface area contributed by atoms with Crippen molar-refractivity contribution >= 4 is 0 Å². The Balaban J connectivity index is 2.20. The van der Waals surface area contributed by atoms with Gasteiger partial charge in [0.15, 0.2) is 0 Å². The highest BCUT2D eigenvalue weighted by Gasteiger charge is 2.12. The Morgan fingerprint density at radius 3 is 2.80 bits per heavy atom. The van der Waals surface area contributed by atoms with Crippen molar-refractivity contribution in [2.45, 2.75) is 40.0 Å². The summed E-state index contributed by atoms with van der Waals surface area (Å²) in [4.78, 5) is 0. The van der Waals surface area contributed by atoms with Crippen molar-refractivity contribution < 1.29 is 14.2 Å². The van der Waals surface area contributed by atoms with Gasteiger partial charge in [0.25, 0.3) is 0 Å². The molecule has 5 heteroatoms.